The summed E-state index contributed by atoms with van der Waals surface area (Å²) in [4.78, 5) is 0. The number of thioether (sulfide) groups is 1. The molecule has 0 amide bonds. The molecule has 0 spiro atoms. The molecular formula is C13H15BrN2S. The van der Waals surface area contributed by atoms with Crippen LogP contribution in [-0.2, 0) is 0 Å². The zero-order valence-electron chi connectivity index (χ0n) is 9.74. The fraction of sp³-hybridized carbons (Fsp3) is 0.462. The Labute approximate surface area is 115 Å². The molecule has 1 fully saturated rings. The molecule has 2 atom stereocenters. The van der Waals surface area contributed by atoms with Gasteiger partial charge >= 0.3 is 0 Å². The van der Waals surface area contributed by atoms with Crippen molar-refractivity contribution in [2.75, 3.05) is 11.1 Å². The Morgan fingerprint density at radius 3 is 3.06 bits per heavy atom. The maximum absolute atomic E-state index is 9.12. The molecule has 1 aliphatic heterocycles. The molecule has 1 saturated heterocycles. The Hall–Kier alpha value is -0.660. The summed E-state index contributed by atoms with van der Waals surface area (Å²) in [6.45, 7) is 2.26. The van der Waals surface area contributed by atoms with Crippen molar-refractivity contribution in [3.63, 3.8) is 0 Å². The molecule has 0 aromatic heterocycles. The van der Waals surface area contributed by atoms with Gasteiger partial charge in [0.1, 0.15) is 6.07 Å². The van der Waals surface area contributed by atoms with E-state index in [1.807, 2.05) is 30.0 Å². The molecule has 0 aliphatic carbocycles. The minimum Gasteiger partial charge on any atom is -0.380 e. The van der Waals surface area contributed by atoms with Crippen LogP contribution in [0, 0.1) is 11.3 Å². The van der Waals surface area contributed by atoms with Gasteiger partial charge in [-0.15, -0.1) is 0 Å². The van der Waals surface area contributed by atoms with E-state index in [4.69, 9.17) is 5.26 Å². The summed E-state index contributed by atoms with van der Waals surface area (Å²) in [6.07, 6.45) is 2.44. The summed E-state index contributed by atoms with van der Waals surface area (Å²) in [5, 5.41) is 13.2. The van der Waals surface area contributed by atoms with Crippen molar-refractivity contribution >= 4 is 33.4 Å². The van der Waals surface area contributed by atoms with Gasteiger partial charge in [0.2, 0.25) is 0 Å². The average molecular weight is 311 g/mol. The maximum atomic E-state index is 9.12. The Bertz CT molecular complexity index is 442. The van der Waals surface area contributed by atoms with Crippen molar-refractivity contribution in [3.05, 3.63) is 28.2 Å². The molecule has 1 aromatic carbocycles. The second-order valence-corrected chi connectivity index (χ2v) is 6.67. The van der Waals surface area contributed by atoms with Gasteiger partial charge in [0, 0.05) is 15.8 Å². The van der Waals surface area contributed by atoms with Crippen LogP contribution in [0.2, 0.25) is 0 Å². The topological polar surface area (TPSA) is 35.8 Å². The fourth-order valence-electron chi connectivity index (χ4n) is 2.05. The van der Waals surface area contributed by atoms with Gasteiger partial charge < -0.3 is 5.32 Å². The molecule has 1 N–H and O–H groups in total. The quantitative estimate of drug-likeness (QED) is 0.896. The van der Waals surface area contributed by atoms with Gasteiger partial charge in [-0.2, -0.15) is 17.0 Å². The fourth-order valence-corrected chi connectivity index (χ4v) is 3.55. The van der Waals surface area contributed by atoms with Gasteiger partial charge in [-0.05, 0) is 36.8 Å². The molecule has 1 aliphatic rings. The van der Waals surface area contributed by atoms with E-state index in [-0.39, 0.29) is 0 Å². The highest BCUT2D eigenvalue weighted by atomic mass is 79.9. The second-order valence-electron chi connectivity index (χ2n) is 4.27. The summed E-state index contributed by atoms with van der Waals surface area (Å²) < 4.78 is 0.950. The van der Waals surface area contributed by atoms with Crippen LogP contribution in [0.25, 0.3) is 0 Å². The largest absolute Gasteiger partial charge is 0.380 e. The number of benzene rings is 1. The number of nitriles is 1. The molecule has 0 saturated carbocycles. The Morgan fingerprint density at radius 2 is 2.35 bits per heavy atom. The molecule has 2 rings (SSSR count). The zero-order chi connectivity index (χ0) is 12.3. The summed E-state index contributed by atoms with van der Waals surface area (Å²) in [6, 6.07) is 8.54. The van der Waals surface area contributed by atoms with Crippen molar-refractivity contribution in [2.24, 2.45) is 0 Å². The minimum absolute atomic E-state index is 0.474. The third kappa shape index (κ3) is 3.17. The van der Waals surface area contributed by atoms with Gasteiger partial charge in [0.05, 0.1) is 11.3 Å². The van der Waals surface area contributed by atoms with Gasteiger partial charge in [0.15, 0.2) is 0 Å². The lowest BCUT2D eigenvalue weighted by atomic mass is 10.1. The average Bonchev–Trinajstić information content (AvgIpc) is 2.34. The van der Waals surface area contributed by atoms with Crippen LogP contribution in [0.1, 0.15) is 25.3 Å². The highest BCUT2D eigenvalue weighted by Gasteiger charge is 2.22. The monoisotopic (exact) mass is 310 g/mol. The summed E-state index contributed by atoms with van der Waals surface area (Å²) >= 11 is 5.40. The second kappa shape index (κ2) is 5.79. The van der Waals surface area contributed by atoms with Crippen molar-refractivity contribution in [1.29, 1.82) is 5.26 Å². The molecule has 4 heteroatoms. The predicted molar refractivity (Wildman–Crippen MR) is 77.4 cm³/mol. The molecule has 17 heavy (non-hydrogen) atoms. The minimum atomic E-state index is 0.474. The molecule has 90 valence electrons. The lowest BCUT2D eigenvalue weighted by molar-refractivity contribution is 0.617. The Morgan fingerprint density at radius 1 is 1.53 bits per heavy atom. The van der Waals surface area contributed by atoms with Gasteiger partial charge in [-0.3, -0.25) is 0 Å². The van der Waals surface area contributed by atoms with Crippen LogP contribution in [0.3, 0.4) is 0 Å². The first-order valence-electron chi connectivity index (χ1n) is 5.78. The molecule has 0 bridgehead atoms. The number of halogens is 1. The van der Waals surface area contributed by atoms with Crippen LogP contribution < -0.4 is 5.32 Å². The van der Waals surface area contributed by atoms with Crippen LogP contribution in [0.5, 0.6) is 0 Å². The van der Waals surface area contributed by atoms with Crippen molar-refractivity contribution in [1.82, 2.24) is 0 Å². The first-order chi connectivity index (χ1) is 8.20. The van der Waals surface area contributed by atoms with E-state index < -0.39 is 0 Å². The predicted octanol–water partition coefficient (Wildman–Crippen LogP) is 4.02. The lowest BCUT2D eigenvalue weighted by Crippen LogP contribution is -2.33. The summed E-state index contributed by atoms with van der Waals surface area (Å²) in [5.74, 6) is 1.25. The summed E-state index contributed by atoms with van der Waals surface area (Å²) in [7, 11) is 0. The van der Waals surface area contributed by atoms with Crippen molar-refractivity contribution < 1.29 is 0 Å². The van der Waals surface area contributed by atoms with Gasteiger partial charge in [-0.1, -0.05) is 22.9 Å². The molecular weight excluding hydrogens is 296 g/mol. The van der Waals surface area contributed by atoms with E-state index in [1.165, 1.54) is 18.6 Å². The zero-order valence-corrected chi connectivity index (χ0v) is 12.1. The van der Waals surface area contributed by atoms with E-state index in [0.29, 0.717) is 16.9 Å². The smallest absolute Gasteiger partial charge is 0.101 e. The maximum Gasteiger partial charge on any atom is 0.101 e. The number of hydrogen-bond donors (Lipinski definition) is 1. The Balaban J connectivity index is 2.15. The normalized spacial score (nSPS) is 24.1. The third-order valence-corrected chi connectivity index (χ3v) is 4.92. The molecule has 1 aromatic rings. The standard InChI is InChI=1S/C13H15BrN2S/c1-9-12(3-2-6-17-9)16-13-5-4-11(14)7-10(13)8-15/h4-5,7,9,12,16H,2-3,6H2,1H3. The van der Waals surface area contributed by atoms with Crippen LogP contribution in [0.4, 0.5) is 5.69 Å². The van der Waals surface area contributed by atoms with Crippen LogP contribution in [0.15, 0.2) is 22.7 Å². The molecule has 1 heterocycles. The van der Waals surface area contributed by atoms with Crippen molar-refractivity contribution in [3.8, 4) is 6.07 Å². The highest BCUT2D eigenvalue weighted by molar-refractivity contribution is 9.10. The number of nitrogens with zero attached hydrogens (tertiary/aromatic N) is 1. The van der Waals surface area contributed by atoms with E-state index in [2.05, 4.69) is 34.2 Å². The molecule has 2 unspecified atom stereocenters. The van der Waals surface area contributed by atoms with Crippen molar-refractivity contribution in [2.45, 2.75) is 31.1 Å². The van der Waals surface area contributed by atoms with Gasteiger partial charge in [-0.25, -0.2) is 0 Å². The van der Waals surface area contributed by atoms with E-state index in [0.717, 1.165) is 10.2 Å². The van der Waals surface area contributed by atoms with E-state index >= 15 is 0 Å². The number of rotatable bonds is 2. The van der Waals surface area contributed by atoms with Crippen LogP contribution in [-0.4, -0.2) is 17.0 Å². The summed E-state index contributed by atoms with van der Waals surface area (Å²) in [5.41, 5.74) is 1.66. The van der Waals surface area contributed by atoms with Crippen LogP contribution >= 0.6 is 27.7 Å². The third-order valence-electron chi connectivity index (χ3n) is 3.05. The lowest BCUT2D eigenvalue weighted by Gasteiger charge is -2.30. The highest BCUT2D eigenvalue weighted by Crippen LogP contribution is 2.29. The SMILES string of the molecule is CC1SCCCC1Nc1ccc(Br)cc1C#N. The molecule has 0 radical (unpaired) electrons. The first kappa shape index (κ1) is 12.8. The van der Waals surface area contributed by atoms with E-state index in [1.54, 1.807) is 0 Å². The number of nitrogens with one attached hydrogen (secondary N) is 1. The van der Waals surface area contributed by atoms with E-state index in [9.17, 15) is 0 Å². The first-order valence-corrected chi connectivity index (χ1v) is 7.62. The van der Waals surface area contributed by atoms with Gasteiger partial charge in [0.25, 0.3) is 0 Å². The number of anilines is 1. The number of hydrogen-bond acceptors (Lipinski definition) is 3. The molecule has 2 nitrogen and oxygen atoms in total. The Kier molecular flexibility index (Phi) is 4.36.